The van der Waals surface area contributed by atoms with Crippen molar-refractivity contribution in [1.29, 1.82) is 0 Å². The van der Waals surface area contributed by atoms with Crippen LogP contribution in [-0.4, -0.2) is 62.7 Å². The smallest absolute Gasteiger partial charge is 0.0125 e. The number of hydrogen-bond acceptors (Lipinski definition) is 3. The standard InChI is InChI=1S/C15H33N3/c1-15(2,3)14(16-4)8-11-17(5)12-13-18-9-6-7-10-18/h14,16H,6-13H2,1-5H3. The van der Waals surface area contributed by atoms with Crippen LogP contribution in [0.25, 0.3) is 0 Å². The van der Waals surface area contributed by atoms with Crippen molar-refractivity contribution in [2.75, 3.05) is 46.8 Å². The molecule has 1 saturated heterocycles. The highest BCUT2D eigenvalue weighted by atomic mass is 15.2. The summed E-state index contributed by atoms with van der Waals surface area (Å²) < 4.78 is 0. The van der Waals surface area contributed by atoms with Gasteiger partial charge in [-0.2, -0.15) is 0 Å². The zero-order chi connectivity index (χ0) is 13.6. The molecule has 0 aromatic carbocycles. The van der Waals surface area contributed by atoms with E-state index in [1.54, 1.807) is 0 Å². The zero-order valence-electron chi connectivity index (χ0n) is 13.1. The van der Waals surface area contributed by atoms with Gasteiger partial charge in [0.05, 0.1) is 0 Å². The lowest BCUT2D eigenvalue weighted by Gasteiger charge is -2.32. The van der Waals surface area contributed by atoms with Gasteiger partial charge in [-0.05, 0) is 58.4 Å². The second-order valence-corrected chi connectivity index (χ2v) is 6.85. The molecular formula is C15H33N3. The molecular weight excluding hydrogens is 222 g/mol. The summed E-state index contributed by atoms with van der Waals surface area (Å²) in [5.74, 6) is 0. The summed E-state index contributed by atoms with van der Waals surface area (Å²) in [6.45, 7) is 13.2. The summed E-state index contributed by atoms with van der Waals surface area (Å²) in [7, 11) is 4.34. The lowest BCUT2D eigenvalue weighted by molar-refractivity contribution is 0.213. The first-order valence-corrected chi connectivity index (χ1v) is 7.51. The Kier molecular flexibility index (Phi) is 6.61. The van der Waals surface area contributed by atoms with E-state index in [0.29, 0.717) is 11.5 Å². The van der Waals surface area contributed by atoms with Gasteiger partial charge in [-0.25, -0.2) is 0 Å². The third kappa shape index (κ3) is 5.68. The Morgan fingerprint density at radius 1 is 1.17 bits per heavy atom. The van der Waals surface area contributed by atoms with Gasteiger partial charge in [0.25, 0.3) is 0 Å². The Morgan fingerprint density at radius 2 is 1.78 bits per heavy atom. The van der Waals surface area contributed by atoms with Crippen molar-refractivity contribution < 1.29 is 0 Å². The first kappa shape index (κ1) is 15.9. The van der Waals surface area contributed by atoms with Crippen LogP contribution in [0.1, 0.15) is 40.0 Å². The maximum absolute atomic E-state index is 3.46. The highest BCUT2D eigenvalue weighted by molar-refractivity contribution is 4.80. The zero-order valence-corrected chi connectivity index (χ0v) is 13.1. The van der Waals surface area contributed by atoms with Crippen LogP contribution >= 0.6 is 0 Å². The molecule has 0 aromatic rings. The van der Waals surface area contributed by atoms with Crippen LogP contribution in [0.4, 0.5) is 0 Å². The van der Waals surface area contributed by atoms with Gasteiger partial charge in [-0.15, -0.1) is 0 Å². The SMILES string of the molecule is CNC(CCN(C)CCN1CCCC1)C(C)(C)C. The van der Waals surface area contributed by atoms with Crippen molar-refractivity contribution in [1.82, 2.24) is 15.1 Å². The third-order valence-electron chi connectivity index (χ3n) is 4.19. The molecule has 108 valence electrons. The summed E-state index contributed by atoms with van der Waals surface area (Å²) in [6.07, 6.45) is 4.03. The Hall–Kier alpha value is -0.120. The van der Waals surface area contributed by atoms with E-state index in [1.165, 1.54) is 52.0 Å². The molecule has 0 radical (unpaired) electrons. The number of rotatable bonds is 7. The Morgan fingerprint density at radius 3 is 2.28 bits per heavy atom. The minimum absolute atomic E-state index is 0.352. The Balaban J connectivity index is 2.16. The van der Waals surface area contributed by atoms with Crippen LogP contribution in [0, 0.1) is 5.41 Å². The molecule has 1 unspecified atom stereocenters. The van der Waals surface area contributed by atoms with Crippen LogP contribution in [0.15, 0.2) is 0 Å². The normalized spacial score (nSPS) is 19.7. The molecule has 1 aliphatic heterocycles. The fourth-order valence-electron chi connectivity index (χ4n) is 2.79. The molecule has 3 heteroatoms. The summed E-state index contributed by atoms with van der Waals surface area (Å²) in [4.78, 5) is 5.07. The van der Waals surface area contributed by atoms with Gasteiger partial charge in [-0.3, -0.25) is 0 Å². The molecule has 1 atom stereocenters. The molecule has 0 saturated carbocycles. The molecule has 0 aromatic heterocycles. The summed E-state index contributed by atoms with van der Waals surface area (Å²) in [5, 5.41) is 3.46. The summed E-state index contributed by atoms with van der Waals surface area (Å²) in [5.41, 5.74) is 0.352. The highest BCUT2D eigenvalue weighted by Crippen LogP contribution is 2.21. The number of likely N-dealkylation sites (N-methyl/N-ethyl adjacent to an activating group) is 1. The molecule has 0 amide bonds. The number of hydrogen-bond donors (Lipinski definition) is 1. The van der Waals surface area contributed by atoms with E-state index in [-0.39, 0.29) is 0 Å². The second-order valence-electron chi connectivity index (χ2n) is 6.85. The average Bonchev–Trinajstić information content (AvgIpc) is 2.78. The van der Waals surface area contributed by atoms with Gasteiger partial charge in [-0.1, -0.05) is 20.8 Å². The van der Waals surface area contributed by atoms with Crippen molar-refractivity contribution in [2.24, 2.45) is 5.41 Å². The van der Waals surface area contributed by atoms with E-state index in [0.717, 1.165) is 0 Å². The molecule has 0 aliphatic carbocycles. The number of likely N-dealkylation sites (tertiary alicyclic amines) is 1. The number of nitrogens with zero attached hydrogens (tertiary/aromatic N) is 2. The lowest BCUT2D eigenvalue weighted by atomic mass is 9.85. The summed E-state index contributed by atoms with van der Waals surface area (Å²) in [6, 6.07) is 0.603. The fraction of sp³-hybridized carbons (Fsp3) is 1.00. The number of nitrogens with one attached hydrogen (secondary N) is 1. The van der Waals surface area contributed by atoms with Crippen molar-refractivity contribution >= 4 is 0 Å². The van der Waals surface area contributed by atoms with E-state index < -0.39 is 0 Å². The van der Waals surface area contributed by atoms with E-state index >= 15 is 0 Å². The predicted octanol–water partition coefficient (Wildman–Crippen LogP) is 2.04. The van der Waals surface area contributed by atoms with Crippen molar-refractivity contribution in [3.05, 3.63) is 0 Å². The molecule has 0 bridgehead atoms. The molecule has 1 aliphatic rings. The Labute approximate surface area is 114 Å². The van der Waals surface area contributed by atoms with E-state index in [4.69, 9.17) is 0 Å². The maximum Gasteiger partial charge on any atom is 0.0125 e. The van der Waals surface area contributed by atoms with Crippen LogP contribution in [0.3, 0.4) is 0 Å². The molecule has 0 spiro atoms. The predicted molar refractivity (Wildman–Crippen MR) is 80.1 cm³/mol. The molecule has 1 rings (SSSR count). The topological polar surface area (TPSA) is 18.5 Å². The minimum Gasteiger partial charge on any atom is -0.316 e. The quantitative estimate of drug-likeness (QED) is 0.751. The molecule has 1 N–H and O–H groups in total. The third-order valence-corrected chi connectivity index (χ3v) is 4.19. The Bertz CT molecular complexity index is 216. The molecule has 1 heterocycles. The molecule has 18 heavy (non-hydrogen) atoms. The van der Waals surface area contributed by atoms with Gasteiger partial charge < -0.3 is 15.1 Å². The first-order valence-electron chi connectivity index (χ1n) is 7.51. The van der Waals surface area contributed by atoms with Crippen molar-refractivity contribution in [3.63, 3.8) is 0 Å². The molecule has 3 nitrogen and oxygen atoms in total. The van der Waals surface area contributed by atoms with Crippen molar-refractivity contribution in [3.8, 4) is 0 Å². The van der Waals surface area contributed by atoms with Crippen LogP contribution in [0.5, 0.6) is 0 Å². The van der Waals surface area contributed by atoms with Crippen molar-refractivity contribution in [2.45, 2.75) is 46.1 Å². The van der Waals surface area contributed by atoms with Gasteiger partial charge >= 0.3 is 0 Å². The maximum atomic E-state index is 3.46. The minimum atomic E-state index is 0.352. The summed E-state index contributed by atoms with van der Waals surface area (Å²) >= 11 is 0. The van der Waals surface area contributed by atoms with E-state index in [1.807, 2.05) is 0 Å². The first-order chi connectivity index (χ1) is 8.43. The largest absolute Gasteiger partial charge is 0.316 e. The van der Waals surface area contributed by atoms with Gasteiger partial charge in [0.2, 0.25) is 0 Å². The van der Waals surface area contributed by atoms with Crippen LogP contribution < -0.4 is 5.32 Å². The van der Waals surface area contributed by atoms with Gasteiger partial charge in [0.15, 0.2) is 0 Å². The van der Waals surface area contributed by atoms with Gasteiger partial charge in [0.1, 0.15) is 0 Å². The van der Waals surface area contributed by atoms with Crippen LogP contribution in [0.2, 0.25) is 0 Å². The molecule has 1 fully saturated rings. The highest BCUT2D eigenvalue weighted by Gasteiger charge is 2.22. The second kappa shape index (κ2) is 7.46. The van der Waals surface area contributed by atoms with Crippen LogP contribution in [-0.2, 0) is 0 Å². The lowest BCUT2D eigenvalue weighted by Crippen LogP contribution is -2.41. The van der Waals surface area contributed by atoms with E-state index in [9.17, 15) is 0 Å². The van der Waals surface area contributed by atoms with Gasteiger partial charge in [0, 0.05) is 19.1 Å². The fourth-order valence-corrected chi connectivity index (χ4v) is 2.79. The van der Waals surface area contributed by atoms with E-state index in [2.05, 4.69) is 50.0 Å². The average molecular weight is 255 g/mol. The monoisotopic (exact) mass is 255 g/mol.